The zero-order valence-corrected chi connectivity index (χ0v) is 19.2. The maximum absolute atomic E-state index is 13.4. The lowest BCUT2D eigenvalue weighted by Crippen LogP contribution is -2.37. The fraction of sp³-hybridized carbons (Fsp3) is 0.360. The average molecular weight is 483 g/mol. The summed E-state index contributed by atoms with van der Waals surface area (Å²) in [6.07, 6.45) is 3.49. The van der Waals surface area contributed by atoms with E-state index < -0.39 is 22.8 Å². The summed E-state index contributed by atoms with van der Waals surface area (Å²) in [5.74, 6) is -1.61. The summed E-state index contributed by atoms with van der Waals surface area (Å²) >= 11 is 0. The van der Waals surface area contributed by atoms with Gasteiger partial charge in [-0.25, -0.2) is 4.39 Å². The predicted molar refractivity (Wildman–Crippen MR) is 127 cm³/mol. The lowest BCUT2D eigenvalue weighted by Gasteiger charge is -2.19. The molecule has 10 heteroatoms. The minimum Gasteiger partial charge on any atom is -0.505 e. The summed E-state index contributed by atoms with van der Waals surface area (Å²) < 4.78 is 14.6. The number of carbonyl (C=O) groups excluding carboxylic acids is 2. The zero-order valence-electron chi connectivity index (χ0n) is 19.2. The second-order valence-corrected chi connectivity index (χ2v) is 8.51. The molecule has 0 aliphatic carbocycles. The number of halogens is 1. The number of aromatic hydroxyl groups is 1. The molecule has 2 amide bonds. The number of hydrogen-bond acceptors (Lipinski definition) is 6. The van der Waals surface area contributed by atoms with Crippen LogP contribution in [-0.2, 0) is 17.8 Å². The summed E-state index contributed by atoms with van der Waals surface area (Å²) in [6.45, 7) is 1.02. The van der Waals surface area contributed by atoms with Crippen molar-refractivity contribution in [3.8, 4) is 5.75 Å². The van der Waals surface area contributed by atoms with Crippen molar-refractivity contribution in [2.45, 2.75) is 32.2 Å². The summed E-state index contributed by atoms with van der Waals surface area (Å²) in [5.41, 5.74) is 0.881. The Morgan fingerprint density at radius 1 is 1.14 bits per heavy atom. The fourth-order valence-electron chi connectivity index (χ4n) is 4.24. The summed E-state index contributed by atoms with van der Waals surface area (Å²) in [5, 5.41) is 22.3. The fourth-order valence-corrected chi connectivity index (χ4v) is 4.24. The van der Waals surface area contributed by atoms with E-state index in [1.807, 2.05) is 0 Å². The number of carbonyl (C=O) groups is 2. The highest BCUT2D eigenvalue weighted by Gasteiger charge is 2.25. The van der Waals surface area contributed by atoms with Crippen LogP contribution in [-0.4, -0.2) is 62.7 Å². The molecule has 0 spiro atoms. The maximum atomic E-state index is 13.4. The Kier molecular flexibility index (Phi) is 7.40. The molecule has 1 aliphatic rings. The first-order chi connectivity index (χ1) is 16.9. The van der Waals surface area contributed by atoms with E-state index in [9.17, 15) is 23.9 Å². The van der Waals surface area contributed by atoms with E-state index in [0.29, 0.717) is 31.3 Å². The Balaban J connectivity index is 1.75. The van der Waals surface area contributed by atoms with Crippen LogP contribution in [0.15, 0.2) is 41.3 Å². The first kappa shape index (κ1) is 24.3. The van der Waals surface area contributed by atoms with Crippen LogP contribution in [0, 0.1) is 5.82 Å². The molecule has 9 nitrogen and oxygen atoms in total. The molecule has 1 aliphatic heterocycles. The van der Waals surface area contributed by atoms with Crippen molar-refractivity contribution in [1.29, 1.82) is 0 Å². The van der Waals surface area contributed by atoms with Gasteiger partial charge in [-0.15, -0.1) is 0 Å². The number of fused-ring (bicyclic) bond motifs is 1. The van der Waals surface area contributed by atoms with Crippen LogP contribution in [0.5, 0.6) is 5.75 Å². The third kappa shape index (κ3) is 5.32. The van der Waals surface area contributed by atoms with Crippen molar-refractivity contribution in [2.75, 3.05) is 26.2 Å². The first-order valence-electron chi connectivity index (χ1n) is 11.5. The highest BCUT2D eigenvalue weighted by atomic mass is 19.1. The predicted octanol–water partition coefficient (Wildman–Crippen LogP) is 1.57. The van der Waals surface area contributed by atoms with Crippen LogP contribution in [0.2, 0.25) is 0 Å². The van der Waals surface area contributed by atoms with Crippen molar-refractivity contribution in [1.82, 2.24) is 19.8 Å². The molecule has 3 heterocycles. The molecule has 4 rings (SSSR count). The number of rotatable bonds is 9. The molecule has 0 radical (unpaired) electrons. The van der Waals surface area contributed by atoms with E-state index in [4.69, 9.17) is 5.11 Å². The van der Waals surface area contributed by atoms with Gasteiger partial charge in [0.15, 0.2) is 5.75 Å². The smallest absolute Gasteiger partial charge is 0.267 e. The van der Waals surface area contributed by atoms with Crippen LogP contribution < -0.4 is 10.9 Å². The second-order valence-electron chi connectivity index (χ2n) is 8.51. The maximum Gasteiger partial charge on any atom is 0.267 e. The molecule has 0 unspecified atom stereocenters. The third-order valence-electron chi connectivity index (χ3n) is 6.07. The van der Waals surface area contributed by atoms with Gasteiger partial charge in [0.25, 0.3) is 11.5 Å². The summed E-state index contributed by atoms with van der Waals surface area (Å²) in [4.78, 5) is 44.2. The topological polar surface area (TPSA) is 125 Å². The van der Waals surface area contributed by atoms with Crippen LogP contribution in [0.1, 0.15) is 40.7 Å². The number of amides is 2. The van der Waals surface area contributed by atoms with Crippen LogP contribution in [0.3, 0.4) is 0 Å². The van der Waals surface area contributed by atoms with Crippen molar-refractivity contribution >= 4 is 22.8 Å². The Morgan fingerprint density at radius 3 is 2.60 bits per heavy atom. The number of benzene rings is 1. The van der Waals surface area contributed by atoms with Crippen LogP contribution in [0.4, 0.5) is 4.39 Å². The number of nitrogens with zero attached hydrogens (tertiary/aromatic N) is 3. The molecular weight excluding hydrogens is 455 g/mol. The van der Waals surface area contributed by atoms with Gasteiger partial charge in [-0.05, 0) is 48.6 Å². The van der Waals surface area contributed by atoms with Gasteiger partial charge in [0, 0.05) is 45.4 Å². The number of aliphatic hydroxyl groups excluding tert-OH is 1. The van der Waals surface area contributed by atoms with E-state index in [1.54, 1.807) is 23.1 Å². The molecule has 2 aromatic heterocycles. The summed E-state index contributed by atoms with van der Waals surface area (Å²) in [6, 6.07) is 7.75. The Labute approximate surface area is 200 Å². The van der Waals surface area contributed by atoms with E-state index in [-0.39, 0.29) is 43.5 Å². The van der Waals surface area contributed by atoms with Crippen LogP contribution >= 0.6 is 0 Å². The highest BCUT2D eigenvalue weighted by Crippen LogP contribution is 2.26. The number of aliphatic hydroxyl groups is 1. The van der Waals surface area contributed by atoms with Crippen molar-refractivity contribution in [3.05, 3.63) is 69.4 Å². The van der Waals surface area contributed by atoms with Gasteiger partial charge in [-0.1, -0.05) is 12.1 Å². The molecule has 35 heavy (non-hydrogen) atoms. The number of pyridine rings is 2. The number of likely N-dealkylation sites (tertiary alicyclic amines) is 1. The van der Waals surface area contributed by atoms with Gasteiger partial charge < -0.3 is 25.0 Å². The zero-order chi connectivity index (χ0) is 24.9. The van der Waals surface area contributed by atoms with Gasteiger partial charge >= 0.3 is 0 Å². The Hall–Kier alpha value is -3.79. The Bertz CT molecular complexity index is 1310. The quantitative estimate of drug-likeness (QED) is 0.398. The number of hydrogen-bond donors (Lipinski definition) is 3. The lowest BCUT2D eigenvalue weighted by molar-refractivity contribution is -0.127. The van der Waals surface area contributed by atoms with Crippen molar-refractivity contribution in [3.63, 3.8) is 0 Å². The SMILES string of the molecule is O=C(NCCCO)c1c(O)c2ncc(Cc3ccc(F)cc3)cc2n(CCN2CCCC2=O)c1=O. The van der Waals surface area contributed by atoms with E-state index in [1.165, 1.54) is 22.9 Å². The number of aromatic nitrogens is 2. The van der Waals surface area contributed by atoms with E-state index in [0.717, 1.165) is 17.5 Å². The second kappa shape index (κ2) is 10.6. The average Bonchev–Trinajstić information content (AvgIpc) is 3.25. The highest BCUT2D eigenvalue weighted by molar-refractivity contribution is 6.01. The summed E-state index contributed by atoms with van der Waals surface area (Å²) in [7, 11) is 0. The van der Waals surface area contributed by atoms with Gasteiger partial charge in [0.1, 0.15) is 16.9 Å². The largest absolute Gasteiger partial charge is 0.505 e. The Morgan fingerprint density at radius 2 is 1.91 bits per heavy atom. The molecule has 0 bridgehead atoms. The molecule has 1 fully saturated rings. The molecule has 0 atom stereocenters. The first-order valence-corrected chi connectivity index (χ1v) is 11.5. The monoisotopic (exact) mass is 482 g/mol. The third-order valence-corrected chi connectivity index (χ3v) is 6.07. The lowest BCUT2D eigenvalue weighted by atomic mass is 10.1. The van der Waals surface area contributed by atoms with Gasteiger partial charge in [0.2, 0.25) is 5.91 Å². The molecule has 1 aromatic carbocycles. The number of nitrogens with one attached hydrogen (secondary N) is 1. The molecular formula is C25H27FN4O5. The van der Waals surface area contributed by atoms with Gasteiger partial charge in [-0.3, -0.25) is 19.4 Å². The normalized spacial score (nSPS) is 13.5. The van der Waals surface area contributed by atoms with Crippen LogP contribution in [0.25, 0.3) is 11.0 Å². The molecule has 184 valence electrons. The van der Waals surface area contributed by atoms with E-state index in [2.05, 4.69) is 10.3 Å². The molecule has 0 saturated carbocycles. The molecule has 3 N–H and O–H groups in total. The minimum absolute atomic E-state index is 0.0122. The molecule has 3 aromatic rings. The minimum atomic E-state index is -0.758. The van der Waals surface area contributed by atoms with Gasteiger partial charge in [0.05, 0.1) is 5.52 Å². The van der Waals surface area contributed by atoms with Gasteiger partial charge in [-0.2, -0.15) is 0 Å². The van der Waals surface area contributed by atoms with Crippen molar-refractivity contribution in [2.24, 2.45) is 0 Å². The standard InChI is InChI=1S/C25H27FN4O5/c26-18-6-4-16(5-7-18)13-17-14-19-22(28-15-17)23(33)21(24(34)27-8-2-12-31)25(35)30(19)11-10-29-9-1-3-20(29)32/h4-7,14-15,31,33H,1-3,8-13H2,(H,27,34). The van der Waals surface area contributed by atoms with Crippen molar-refractivity contribution < 1.29 is 24.2 Å². The molecule has 1 saturated heterocycles. The van der Waals surface area contributed by atoms with E-state index >= 15 is 0 Å².